The maximum absolute atomic E-state index is 12.3. The summed E-state index contributed by atoms with van der Waals surface area (Å²) in [7, 11) is 1.61. The molecule has 0 saturated carbocycles. The molecule has 2 N–H and O–H groups in total. The molecule has 98 valence electrons. The van der Waals surface area contributed by atoms with Crippen LogP contribution in [0.3, 0.4) is 0 Å². The summed E-state index contributed by atoms with van der Waals surface area (Å²) in [6.07, 6.45) is 0. The number of hydrogen-bond donors (Lipinski definition) is 1. The molecule has 2 aromatic rings. The van der Waals surface area contributed by atoms with Gasteiger partial charge in [0.05, 0.1) is 6.54 Å². The minimum atomic E-state index is -0.348. The van der Waals surface area contributed by atoms with Crippen molar-refractivity contribution in [3.05, 3.63) is 26.7 Å². The quantitative estimate of drug-likeness (QED) is 0.788. The Morgan fingerprint density at radius 3 is 2.28 bits per heavy atom. The van der Waals surface area contributed by atoms with Gasteiger partial charge in [-0.25, -0.2) is 9.78 Å². The second-order valence-electron chi connectivity index (χ2n) is 4.04. The van der Waals surface area contributed by atoms with Gasteiger partial charge in [0.1, 0.15) is 5.82 Å². The highest BCUT2D eigenvalue weighted by molar-refractivity contribution is 5.71. The van der Waals surface area contributed by atoms with Crippen LogP contribution in [-0.4, -0.2) is 18.7 Å². The van der Waals surface area contributed by atoms with Crippen molar-refractivity contribution in [1.82, 2.24) is 18.7 Å². The van der Waals surface area contributed by atoms with Gasteiger partial charge in [0.15, 0.2) is 11.2 Å². The van der Waals surface area contributed by atoms with Gasteiger partial charge in [0, 0.05) is 20.1 Å². The lowest BCUT2D eigenvalue weighted by molar-refractivity contribution is 0.632. The van der Waals surface area contributed by atoms with Gasteiger partial charge >= 0.3 is 5.69 Å². The number of nitrogens with two attached hydrogens (primary N) is 1. The number of nitrogens with zero attached hydrogens (tertiary/aromatic N) is 4. The molecule has 0 aliphatic rings. The number of fused-ring (bicyclic) bond motifs is 1. The topological polar surface area (TPSA) is 87.8 Å². The van der Waals surface area contributed by atoms with Crippen molar-refractivity contribution in [2.75, 3.05) is 0 Å². The number of aromatic nitrogens is 4. The van der Waals surface area contributed by atoms with E-state index in [1.807, 2.05) is 6.92 Å². The lowest BCUT2D eigenvalue weighted by Crippen LogP contribution is -2.39. The summed E-state index contributed by atoms with van der Waals surface area (Å²) in [4.78, 5) is 28.6. The zero-order chi connectivity index (χ0) is 13.4. The summed E-state index contributed by atoms with van der Waals surface area (Å²) in [5.74, 6) is 0.619. The van der Waals surface area contributed by atoms with Gasteiger partial charge < -0.3 is 10.3 Å². The Labute approximate surface area is 103 Å². The van der Waals surface area contributed by atoms with Crippen molar-refractivity contribution in [2.24, 2.45) is 12.8 Å². The maximum Gasteiger partial charge on any atom is 0.332 e. The van der Waals surface area contributed by atoms with Gasteiger partial charge in [-0.15, -0.1) is 0 Å². The minimum absolute atomic E-state index is 0.238. The monoisotopic (exact) mass is 251 g/mol. The summed E-state index contributed by atoms with van der Waals surface area (Å²) < 4.78 is 4.37. The molecule has 0 atom stereocenters. The van der Waals surface area contributed by atoms with Gasteiger partial charge in [0.2, 0.25) is 0 Å². The molecule has 0 spiro atoms. The summed E-state index contributed by atoms with van der Waals surface area (Å²) in [5.41, 5.74) is 5.82. The van der Waals surface area contributed by atoms with Crippen LogP contribution < -0.4 is 17.0 Å². The Bertz CT molecular complexity index is 707. The summed E-state index contributed by atoms with van der Waals surface area (Å²) in [6.45, 7) is 4.86. The van der Waals surface area contributed by atoms with E-state index in [0.29, 0.717) is 30.1 Å². The highest BCUT2D eigenvalue weighted by Gasteiger charge is 2.17. The van der Waals surface area contributed by atoms with E-state index in [2.05, 4.69) is 4.98 Å². The number of hydrogen-bond acceptors (Lipinski definition) is 4. The highest BCUT2D eigenvalue weighted by atomic mass is 16.2. The van der Waals surface area contributed by atoms with Crippen molar-refractivity contribution < 1.29 is 0 Å². The Morgan fingerprint density at radius 1 is 1.17 bits per heavy atom. The first kappa shape index (κ1) is 12.6. The standard InChI is InChI=1S/C11H17N5O2/c1-4-15-7(6-12)13-9-8(15)10(17)16(5-2)11(18)14(9)3/h4-6,12H2,1-3H3. The highest BCUT2D eigenvalue weighted by Crippen LogP contribution is 2.10. The molecule has 0 radical (unpaired) electrons. The van der Waals surface area contributed by atoms with Crippen molar-refractivity contribution in [2.45, 2.75) is 33.5 Å². The molecule has 2 heterocycles. The Kier molecular flexibility index (Phi) is 3.08. The molecule has 2 aromatic heterocycles. The van der Waals surface area contributed by atoms with Crippen LogP contribution >= 0.6 is 0 Å². The van der Waals surface area contributed by atoms with Gasteiger partial charge in [-0.05, 0) is 13.8 Å². The molecular weight excluding hydrogens is 234 g/mol. The predicted molar refractivity (Wildman–Crippen MR) is 68.5 cm³/mol. The summed E-state index contributed by atoms with van der Waals surface area (Å²) in [5, 5.41) is 0. The van der Waals surface area contributed by atoms with Crippen LogP contribution in [0.25, 0.3) is 11.2 Å². The number of imidazole rings is 1. The number of aryl methyl sites for hydroxylation is 2. The first-order chi connectivity index (χ1) is 8.56. The Hall–Kier alpha value is -1.89. The van der Waals surface area contributed by atoms with Gasteiger partial charge in [-0.1, -0.05) is 0 Å². The van der Waals surface area contributed by atoms with E-state index in [-0.39, 0.29) is 17.8 Å². The van der Waals surface area contributed by atoms with Crippen LogP contribution in [0.4, 0.5) is 0 Å². The van der Waals surface area contributed by atoms with Gasteiger partial charge in [-0.3, -0.25) is 13.9 Å². The van der Waals surface area contributed by atoms with E-state index in [9.17, 15) is 9.59 Å². The van der Waals surface area contributed by atoms with Crippen LogP contribution in [-0.2, 0) is 26.7 Å². The average molecular weight is 251 g/mol. The molecule has 0 fully saturated rings. The zero-order valence-electron chi connectivity index (χ0n) is 10.8. The van der Waals surface area contributed by atoms with Gasteiger partial charge in [-0.2, -0.15) is 0 Å². The fourth-order valence-electron chi connectivity index (χ4n) is 2.19. The molecule has 0 aliphatic carbocycles. The van der Waals surface area contributed by atoms with Crippen LogP contribution in [0.5, 0.6) is 0 Å². The summed E-state index contributed by atoms with van der Waals surface area (Å²) >= 11 is 0. The molecular formula is C11H17N5O2. The Morgan fingerprint density at radius 2 is 1.78 bits per heavy atom. The van der Waals surface area contributed by atoms with Crippen LogP contribution in [0, 0.1) is 0 Å². The van der Waals surface area contributed by atoms with E-state index >= 15 is 0 Å². The molecule has 0 aromatic carbocycles. The first-order valence-electron chi connectivity index (χ1n) is 5.95. The molecule has 0 amide bonds. The third-order valence-electron chi connectivity index (χ3n) is 3.13. The van der Waals surface area contributed by atoms with Crippen LogP contribution in [0.2, 0.25) is 0 Å². The maximum atomic E-state index is 12.3. The fraction of sp³-hybridized carbons (Fsp3) is 0.545. The molecule has 0 unspecified atom stereocenters. The molecule has 18 heavy (non-hydrogen) atoms. The molecule has 0 bridgehead atoms. The molecule has 7 heteroatoms. The van der Waals surface area contributed by atoms with Crippen molar-refractivity contribution in [3.63, 3.8) is 0 Å². The van der Waals surface area contributed by atoms with E-state index in [0.717, 1.165) is 0 Å². The second-order valence-corrected chi connectivity index (χ2v) is 4.04. The second kappa shape index (κ2) is 4.41. The van der Waals surface area contributed by atoms with Crippen molar-refractivity contribution >= 4 is 11.2 Å². The average Bonchev–Trinajstić information content (AvgIpc) is 2.75. The third kappa shape index (κ3) is 1.51. The van der Waals surface area contributed by atoms with Crippen LogP contribution in [0.1, 0.15) is 19.7 Å². The molecule has 0 saturated heterocycles. The lowest BCUT2D eigenvalue weighted by atomic mass is 10.4. The molecule has 0 aliphatic heterocycles. The van der Waals surface area contributed by atoms with E-state index < -0.39 is 0 Å². The Balaban J connectivity index is 3.06. The molecule has 2 rings (SSSR count). The van der Waals surface area contributed by atoms with E-state index in [4.69, 9.17) is 5.73 Å². The minimum Gasteiger partial charge on any atom is -0.324 e. The van der Waals surface area contributed by atoms with E-state index in [1.165, 1.54) is 9.13 Å². The van der Waals surface area contributed by atoms with Gasteiger partial charge in [0.25, 0.3) is 5.56 Å². The fourth-order valence-corrected chi connectivity index (χ4v) is 2.19. The van der Waals surface area contributed by atoms with Crippen molar-refractivity contribution in [1.29, 1.82) is 0 Å². The van der Waals surface area contributed by atoms with E-state index in [1.54, 1.807) is 18.5 Å². The first-order valence-corrected chi connectivity index (χ1v) is 5.95. The summed E-state index contributed by atoms with van der Waals surface area (Å²) in [6, 6.07) is 0. The smallest absolute Gasteiger partial charge is 0.324 e. The molecule has 7 nitrogen and oxygen atoms in total. The van der Waals surface area contributed by atoms with Crippen molar-refractivity contribution in [3.8, 4) is 0 Å². The van der Waals surface area contributed by atoms with Crippen LogP contribution in [0.15, 0.2) is 9.59 Å². The normalized spacial score (nSPS) is 11.3. The zero-order valence-corrected chi connectivity index (χ0v) is 10.8. The third-order valence-corrected chi connectivity index (χ3v) is 3.13. The number of rotatable bonds is 3. The lowest BCUT2D eigenvalue weighted by Gasteiger charge is -2.07. The largest absolute Gasteiger partial charge is 0.332 e. The predicted octanol–water partition coefficient (Wildman–Crippen LogP) is -0.605. The SMILES string of the molecule is CCn1c(=O)c2c(nc(CN)n2CC)n(C)c1=O.